The lowest BCUT2D eigenvalue weighted by Gasteiger charge is -2.05. The number of H-pyrrole nitrogens is 1. The van der Waals surface area contributed by atoms with Gasteiger partial charge in [0, 0.05) is 24.2 Å². The van der Waals surface area contributed by atoms with E-state index in [0.717, 1.165) is 11.3 Å². The summed E-state index contributed by atoms with van der Waals surface area (Å²) in [6.07, 6.45) is 2.46. The van der Waals surface area contributed by atoms with Crippen LogP contribution in [0.4, 0.5) is 0 Å². The Balaban J connectivity index is 1.87. The molecule has 0 unspecified atom stereocenters. The SMILES string of the molecule is Cc1ccc(-c2nc(CNC3CC3)cc(=O)[nH]2)cc1. The molecular weight excluding hydrogens is 238 g/mol. The minimum absolute atomic E-state index is 0.0989. The van der Waals surface area contributed by atoms with E-state index in [4.69, 9.17) is 0 Å². The molecule has 1 aliphatic carbocycles. The van der Waals surface area contributed by atoms with Crippen molar-refractivity contribution in [2.75, 3.05) is 0 Å². The Morgan fingerprint density at radius 3 is 2.74 bits per heavy atom. The van der Waals surface area contributed by atoms with Crippen molar-refractivity contribution in [2.24, 2.45) is 0 Å². The summed E-state index contributed by atoms with van der Waals surface area (Å²) in [5.74, 6) is 0.639. The van der Waals surface area contributed by atoms with Gasteiger partial charge < -0.3 is 10.3 Å². The number of rotatable bonds is 4. The van der Waals surface area contributed by atoms with Crippen LogP contribution in [-0.4, -0.2) is 16.0 Å². The zero-order valence-electron chi connectivity index (χ0n) is 10.9. The molecule has 1 fully saturated rings. The first-order valence-electron chi connectivity index (χ1n) is 6.61. The van der Waals surface area contributed by atoms with Crippen molar-refractivity contribution in [3.63, 3.8) is 0 Å². The smallest absolute Gasteiger partial charge is 0.251 e. The van der Waals surface area contributed by atoms with Crippen LogP contribution < -0.4 is 10.9 Å². The summed E-state index contributed by atoms with van der Waals surface area (Å²) in [5, 5.41) is 3.37. The van der Waals surface area contributed by atoms with Crippen molar-refractivity contribution in [2.45, 2.75) is 32.4 Å². The third kappa shape index (κ3) is 3.09. The zero-order valence-corrected chi connectivity index (χ0v) is 10.9. The normalized spacial score (nSPS) is 14.6. The highest BCUT2D eigenvalue weighted by molar-refractivity contribution is 5.55. The molecule has 0 saturated heterocycles. The number of aromatic amines is 1. The first kappa shape index (κ1) is 12.1. The van der Waals surface area contributed by atoms with Gasteiger partial charge in [0.2, 0.25) is 0 Å². The van der Waals surface area contributed by atoms with E-state index in [2.05, 4.69) is 15.3 Å². The van der Waals surface area contributed by atoms with E-state index in [1.165, 1.54) is 18.4 Å². The fraction of sp³-hybridized carbons (Fsp3) is 0.333. The molecule has 0 aliphatic heterocycles. The summed E-state index contributed by atoms with van der Waals surface area (Å²) in [7, 11) is 0. The topological polar surface area (TPSA) is 57.8 Å². The van der Waals surface area contributed by atoms with Crippen LogP contribution in [0.5, 0.6) is 0 Å². The largest absolute Gasteiger partial charge is 0.308 e. The van der Waals surface area contributed by atoms with Crippen LogP contribution in [-0.2, 0) is 6.54 Å². The monoisotopic (exact) mass is 255 g/mol. The van der Waals surface area contributed by atoms with Gasteiger partial charge in [-0.3, -0.25) is 4.79 Å². The van der Waals surface area contributed by atoms with Crippen LogP contribution in [0.3, 0.4) is 0 Å². The maximum absolute atomic E-state index is 11.7. The lowest BCUT2D eigenvalue weighted by atomic mass is 10.1. The van der Waals surface area contributed by atoms with E-state index in [9.17, 15) is 4.79 Å². The van der Waals surface area contributed by atoms with Gasteiger partial charge in [-0.15, -0.1) is 0 Å². The summed E-state index contributed by atoms with van der Waals surface area (Å²) in [5.41, 5.74) is 2.83. The molecule has 0 atom stereocenters. The van der Waals surface area contributed by atoms with E-state index < -0.39 is 0 Å². The summed E-state index contributed by atoms with van der Waals surface area (Å²) in [6.45, 7) is 2.70. The number of nitrogens with one attached hydrogen (secondary N) is 2. The lowest BCUT2D eigenvalue weighted by Crippen LogP contribution is -2.19. The van der Waals surface area contributed by atoms with Gasteiger partial charge in [-0.2, -0.15) is 0 Å². The van der Waals surface area contributed by atoms with Crippen LogP contribution >= 0.6 is 0 Å². The van der Waals surface area contributed by atoms with E-state index in [1.54, 1.807) is 6.07 Å². The number of aromatic nitrogens is 2. The van der Waals surface area contributed by atoms with Crippen molar-refractivity contribution in [3.8, 4) is 11.4 Å². The van der Waals surface area contributed by atoms with Gasteiger partial charge in [0.05, 0.1) is 5.69 Å². The molecule has 2 N–H and O–H groups in total. The molecule has 0 bridgehead atoms. The summed E-state index contributed by atoms with van der Waals surface area (Å²) in [6, 6.07) is 10.2. The molecule has 4 heteroatoms. The minimum Gasteiger partial charge on any atom is -0.308 e. The molecule has 1 aromatic carbocycles. The average Bonchev–Trinajstić information content (AvgIpc) is 3.20. The Morgan fingerprint density at radius 1 is 1.32 bits per heavy atom. The number of hydrogen-bond acceptors (Lipinski definition) is 3. The van der Waals surface area contributed by atoms with Crippen LogP contribution in [0, 0.1) is 6.92 Å². The Kier molecular flexibility index (Phi) is 3.17. The minimum atomic E-state index is -0.0989. The highest BCUT2D eigenvalue weighted by Gasteiger charge is 2.20. The fourth-order valence-corrected chi connectivity index (χ4v) is 1.98. The average molecular weight is 255 g/mol. The molecule has 1 aliphatic rings. The predicted octanol–water partition coefficient (Wildman–Crippen LogP) is 2.00. The van der Waals surface area contributed by atoms with Crippen molar-refractivity contribution in [3.05, 3.63) is 51.9 Å². The van der Waals surface area contributed by atoms with E-state index in [-0.39, 0.29) is 5.56 Å². The number of nitrogens with zero attached hydrogens (tertiary/aromatic N) is 1. The van der Waals surface area contributed by atoms with Gasteiger partial charge in [-0.25, -0.2) is 4.98 Å². The van der Waals surface area contributed by atoms with Gasteiger partial charge in [0.15, 0.2) is 0 Å². The molecule has 98 valence electrons. The second-order valence-electron chi connectivity index (χ2n) is 5.11. The Hall–Kier alpha value is -1.94. The molecule has 0 radical (unpaired) electrons. The maximum Gasteiger partial charge on any atom is 0.251 e. The first-order chi connectivity index (χ1) is 9.20. The Morgan fingerprint density at radius 2 is 2.05 bits per heavy atom. The van der Waals surface area contributed by atoms with E-state index in [1.807, 2.05) is 31.2 Å². The quantitative estimate of drug-likeness (QED) is 0.878. The van der Waals surface area contributed by atoms with E-state index in [0.29, 0.717) is 18.4 Å². The van der Waals surface area contributed by atoms with E-state index >= 15 is 0 Å². The number of aryl methyl sites for hydroxylation is 1. The molecule has 0 amide bonds. The van der Waals surface area contributed by atoms with Gasteiger partial charge in [-0.05, 0) is 19.8 Å². The third-order valence-electron chi connectivity index (χ3n) is 3.27. The molecule has 0 spiro atoms. The molecule has 2 aromatic rings. The summed E-state index contributed by atoms with van der Waals surface area (Å²) in [4.78, 5) is 19.0. The lowest BCUT2D eigenvalue weighted by molar-refractivity contribution is 0.672. The number of hydrogen-bond donors (Lipinski definition) is 2. The third-order valence-corrected chi connectivity index (χ3v) is 3.27. The predicted molar refractivity (Wildman–Crippen MR) is 74.9 cm³/mol. The molecule has 1 aromatic heterocycles. The summed E-state index contributed by atoms with van der Waals surface area (Å²) < 4.78 is 0. The van der Waals surface area contributed by atoms with Crippen molar-refractivity contribution >= 4 is 0 Å². The van der Waals surface area contributed by atoms with Crippen LogP contribution in [0.25, 0.3) is 11.4 Å². The van der Waals surface area contributed by atoms with Gasteiger partial charge in [-0.1, -0.05) is 29.8 Å². The van der Waals surface area contributed by atoms with Crippen molar-refractivity contribution in [1.29, 1.82) is 0 Å². The highest BCUT2D eigenvalue weighted by atomic mass is 16.1. The first-order valence-corrected chi connectivity index (χ1v) is 6.61. The van der Waals surface area contributed by atoms with Gasteiger partial charge >= 0.3 is 0 Å². The Bertz CT molecular complexity index is 627. The molecule has 1 saturated carbocycles. The molecular formula is C15H17N3O. The molecule has 4 nitrogen and oxygen atoms in total. The summed E-state index contributed by atoms with van der Waals surface area (Å²) >= 11 is 0. The zero-order chi connectivity index (χ0) is 13.2. The van der Waals surface area contributed by atoms with Crippen molar-refractivity contribution < 1.29 is 0 Å². The fourth-order valence-electron chi connectivity index (χ4n) is 1.98. The standard InChI is InChI=1S/C15H17N3O/c1-10-2-4-11(5-3-10)15-17-13(8-14(19)18-15)9-16-12-6-7-12/h2-5,8,12,16H,6-7,9H2,1H3,(H,17,18,19). The van der Waals surface area contributed by atoms with Gasteiger partial charge in [0.25, 0.3) is 5.56 Å². The van der Waals surface area contributed by atoms with Crippen LogP contribution in [0.1, 0.15) is 24.1 Å². The maximum atomic E-state index is 11.7. The number of benzene rings is 1. The highest BCUT2D eigenvalue weighted by Crippen LogP contribution is 2.19. The van der Waals surface area contributed by atoms with Crippen LogP contribution in [0.2, 0.25) is 0 Å². The van der Waals surface area contributed by atoms with Crippen molar-refractivity contribution in [1.82, 2.24) is 15.3 Å². The molecule has 1 heterocycles. The Labute approximate surface area is 111 Å². The molecule has 19 heavy (non-hydrogen) atoms. The second kappa shape index (κ2) is 4.97. The van der Waals surface area contributed by atoms with Gasteiger partial charge in [0.1, 0.15) is 5.82 Å². The van der Waals surface area contributed by atoms with Crippen LogP contribution in [0.15, 0.2) is 35.1 Å². The second-order valence-corrected chi connectivity index (χ2v) is 5.11. The molecule has 3 rings (SSSR count).